The third-order valence-corrected chi connectivity index (χ3v) is 14.3. The Kier molecular flexibility index (Phi) is 34.5. The van der Waals surface area contributed by atoms with Crippen molar-refractivity contribution in [3.05, 3.63) is 6.42 Å². The Morgan fingerprint density at radius 1 is 0.759 bits per heavy atom. The zero-order chi connectivity index (χ0) is 61.5. The Balaban J connectivity index is 0.00000375. The van der Waals surface area contributed by atoms with Crippen molar-refractivity contribution >= 4 is 60.8 Å². The van der Waals surface area contributed by atoms with Crippen molar-refractivity contribution < 1.29 is 169 Å². The summed E-state index contributed by atoms with van der Waals surface area (Å²) in [6.45, 7) is 2.14. The summed E-state index contributed by atoms with van der Waals surface area (Å²) >= 11 is 0. The molecule has 4 fully saturated rings. The van der Waals surface area contributed by atoms with Crippen LogP contribution in [0.15, 0.2) is 0 Å². The number of hydrogen-bond acceptors (Lipinski definition) is 29. The molecule has 0 aromatic heterocycles. The van der Waals surface area contributed by atoms with Crippen LogP contribution >= 0.6 is 0 Å². The molecule has 4 rings (SSSR count). The molecule has 0 aromatic rings. The maximum atomic E-state index is 13.9. The molecule has 38 heteroatoms. The number of aliphatic hydroxyl groups excluding tert-OH is 5. The number of aliphatic hydroxyl groups is 5. The first-order valence-corrected chi connectivity index (χ1v) is 30.2. The maximum absolute atomic E-state index is 13.9. The quantitative estimate of drug-likeness (QED) is 0.00983. The van der Waals surface area contributed by atoms with Gasteiger partial charge < -0.3 is 108 Å². The van der Waals surface area contributed by atoms with Crippen LogP contribution in [0.2, 0.25) is 0 Å². The molecule has 2 aliphatic carbocycles. The van der Waals surface area contributed by atoms with Gasteiger partial charge in [-0.3, -0.25) is 34.3 Å². The molecule has 4 aliphatic rings. The summed E-state index contributed by atoms with van der Waals surface area (Å²) in [6, 6.07) is -1.41. The fourth-order valence-electron chi connectivity index (χ4n) is 9.55. The number of hydrogen-bond donors (Lipinski definition) is 10. The van der Waals surface area contributed by atoms with E-state index in [-0.39, 0.29) is 107 Å². The van der Waals surface area contributed by atoms with Gasteiger partial charge in [-0.05, 0) is 38.0 Å². The second-order valence-electron chi connectivity index (χ2n) is 19.6. The van der Waals surface area contributed by atoms with Crippen molar-refractivity contribution in [1.29, 1.82) is 0 Å². The minimum Gasteiger partial charge on any atom is -0.726 e. The smallest absolute Gasteiger partial charge is 0.726 e. The first-order valence-electron chi connectivity index (χ1n) is 26.1. The van der Waals surface area contributed by atoms with E-state index in [9.17, 15) is 80.6 Å². The van der Waals surface area contributed by atoms with E-state index < -0.39 is 172 Å². The summed E-state index contributed by atoms with van der Waals surface area (Å²) in [7, 11) is -15.5. The molecule has 16 atom stereocenters. The van der Waals surface area contributed by atoms with Gasteiger partial charge in [-0.25, -0.2) is 25.3 Å². The van der Waals surface area contributed by atoms with Crippen LogP contribution in [0, 0.1) is 24.2 Å². The standard InChI is InChI=1S/C45H77N4O26S2.Na.H2O4S/c1-4-27-21-28(41(57)47-13-12-46-33(52)11-15-67-18-19-68-17-14-48-42(58)29(75-77(64,65)66)10-16-69-76(61,62)63)22-30(39(27)74-45-38(56)37(55)35(53)24(2)70-45)72-44-34(49-25(3)51)40(36(54)32(23-50)73-44)71-31(43(59)60)20-26-8-6-5-7-9-26;;1-5(2,3)4/h10,24,26-32,34-40,44-45,50,53-56H,4-9,11-23H2,1-3H3,(H,46,52)(H,47,57)(H,48,58)(H,49,51)(H,59,60)(H,61,62,63)(H,64,65,66);;(H2,1,2,3,4)/q-1;+1;/p-4/t24?,27?,28?,29-,30+,31-,32-,34?,35+,36-,37-,38?,39+,40?,44+,45-;;/m0../s1. The summed E-state index contributed by atoms with van der Waals surface area (Å²) in [5.41, 5.74) is 0. The molecule has 2 saturated heterocycles. The first kappa shape index (κ1) is 76.6. The Labute approximate surface area is 502 Å². The average Bonchev–Trinajstić information content (AvgIpc) is 3.45. The van der Waals surface area contributed by atoms with Gasteiger partial charge >= 0.3 is 29.6 Å². The summed E-state index contributed by atoms with van der Waals surface area (Å²) in [5, 5.41) is 76.6. The third kappa shape index (κ3) is 28.9. The fraction of sp³-hybridized carbons (Fsp3) is 0.867. The minimum atomic E-state index is -5.42. The van der Waals surface area contributed by atoms with Crippen LogP contribution in [0.3, 0.4) is 0 Å². The fourth-order valence-corrected chi connectivity index (χ4v) is 10.2. The van der Waals surface area contributed by atoms with Crippen molar-refractivity contribution in [2.75, 3.05) is 59.3 Å². The van der Waals surface area contributed by atoms with Gasteiger partial charge in [-0.15, -0.1) is 0 Å². The van der Waals surface area contributed by atoms with Crippen LogP contribution in [0.1, 0.15) is 85.0 Å². The van der Waals surface area contributed by atoms with Gasteiger partial charge in [0.15, 0.2) is 12.6 Å². The van der Waals surface area contributed by atoms with E-state index >= 15 is 0 Å². The van der Waals surface area contributed by atoms with E-state index in [4.69, 9.17) is 50.7 Å². The SMILES string of the molecule is CCC1CC(C(=O)NCCNC(=O)CCOCCOCCNC(=O)[C@H]([CH-]COS(=O)(=O)[O-])OS(=O)(=O)[O-])C[C@@H](O[C@@H]2O[C@@H](CO)[C@H](O)C(O[C@@H](CC3CCCCC3)C(=O)[O-])C2NC(C)=O)[C@@H]1O[C@@H]1OC(C)[C@@H](O)[C@H](O)C1O.O=S(=O)([O-])O.[Na+]. The molecule has 0 bridgehead atoms. The molecule has 34 nitrogen and oxygen atoms in total. The average molecular weight is 1270 g/mol. The molecular weight excluding hydrogens is 1200 g/mol. The normalized spacial score (nSPS) is 29.6. The van der Waals surface area contributed by atoms with Gasteiger partial charge in [0.05, 0.1) is 63.4 Å². The van der Waals surface area contributed by atoms with Crippen LogP contribution in [-0.4, -0.2) is 244 Å². The number of amides is 4. The number of ether oxygens (including phenoxy) is 7. The van der Waals surface area contributed by atoms with Crippen LogP contribution in [0.4, 0.5) is 0 Å². The number of carboxylic acid groups (broad SMARTS) is 1. The second kappa shape index (κ2) is 37.4. The van der Waals surface area contributed by atoms with E-state index in [1.54, 1.807) is 0 Å². The van der Waals surface area contributed by atoms with E-state index in [0.717, 1.165) is 32.1 Å². The van der Waals surface area contributed by atoms with E-state index in [2.05, 4.69) is 29.6 Å². The van der Waals surface area contributed by atoms with E-state index in [0.29, 0.717) is 12.8 Å². The number of nitrogens with one attached hydrogen (secondary N) is 4. The number of carbonyl (C=O) groups is 5. The molecule has 10 N–H and O–H groups in total. The summed E-state index contributed by atoms with van der Waals surface area (Å²) in [5.74, 6) is -5.59. The largest absolute Gasteiger partial charge is 1.00 e. The minimum absolute atomic E-state index is 0. The van der Waals surface area contributed by atoms with Crippen molar-refractivity contribution in [2.45, 2.75) is 171 Å². The Bertz CT molecular complexity index is 2340. The summed E-state index contributed by atoms with van der Waals surface area (Å²) in [6.07, 6.45) is -14.1. The van der Waals surface area contributed by atoms with Gasteiger partial charge in [-0.1, -0.05) is 52.1 Å². The van der Waals surface area contributed by atoms with Crippen molar-refractivity contribution in [2.24, 2.45) is 17.8 Å². The van der Waals surface area contributed by atoms with E-state index in [1.807, 2.05) is 6.92 Å². The number of aliphatic carboxylic acids is 1. The van der Waals surface area contributed by atoms with Gasteiger partial charge in [0, 0.05) is 45.0 Å². The molecule has 2 saturated carbocycles. The molecule has 6 unspecified atom stereocenters. The van der Waals surface area contributed by atoms with Crippen LogP contribution < -0.4 is 55.9 Å². The topological polar surface area (TPSA) is 533 Å². The Hall–Kier alpha value is -2.52. The van der Waals surface area contributed by atoms with Gasteiger partial charge in [-0.2, -0.15) is 0 Å². The number of carboxylic acids is 1. The Morgan fingerprint density at radius 2 is 1.39 bits per heavy atom. The van der Waals surface area contributed by atoms with Crippen LogP contribution in [0.25, 0.3) is 0 Å². The predicted octanol–water partition coefficient (Wildman–Crippen LogP) is -9.62. The summed E-state index contributed by atoms with van der Waals surface area (Å²) in [4.78, 5) is 63.9. The second-order valence-corrected chi connectivity index (χ2v) is 22.5. The zero-order valence-corrected chi connectivity index (χ0v) is 50.5. The van der Waals surface area contributed by atoms with Crippen molar-refractivity contribution in [1.82, 2.24) is 21.3 Å². The molecule has 2 aliphatic heterocycles. The predicted molar refractivity (Wildman–Crippen MR) is 265 cm³/mol. The summed E-state index contributed by atoms with van der Waals surface area (Å²) < 4.78 is 147. The van der Waals surface area contributed by atoms with E-state index in [1.165, 1.54) is 13.8 Å². The molecule has 478 valence electrons. The van der Waals surface area contributed by atoms with Crippen molar-refractivity contribution in [3.63, 3.8) is 0 Å². The molecule has 0 radical (unpaired) electrons. The van der Waals surface area contributed by atoms with Gasteiger partial charge in [0.1, 0.15) is 42.7 Å². The molecular formula is C45H75N4NaO30S3-4. The molecule has 0 aromatic carbocycles. The molecule has 0 spiro atoms. The van der Waals surface area contributed by atoms with Gasteiger partial charge in [0.2, 0.25) is 54.8 Å². The maximum Gasteiger partial charge on any atom is 1.00 e. The Morgan fingerprint density at radius 3 is 1.96 bits per heavy atom. The number of carbonyl (C=O) groups excluding carboxylic acids is 5. The van der Waals surface area contributed by atoms with Crippen LogP contribution in [-0.2, 0) is 96.7 Å². The monoisotopic (exact) mass is 1270 g/mol. The van der Waals surface area contributed by atoms with Crippen LogP contribution in [0.5, 0.6) is 0 Å². The number of rotatable bonds is 32. The van der Waals surface area contributed by atoms with Crippen molar-refractivity contribution in [3.8, 4) is 0 Å². The molecule has 4 amide bonds. The molecule has 2 heterocycles. The van der Waals surface area contributed by atoms with Gasteiger partial charge in [0.25, 0.3) is 0 Å². The first-order chi connectivity index (χ1) is 38.3. The molecule has 83 heavy (non-hydrogen) atoms. The third-order valence-electron chi connectivity index (χ3n) is 13.5. The zero-order valence-electron chi connectivity index (χ0n) is 46.0.